The molecule has 0 bridgehead atoms. The molecule has 2 aliphatic heterocycles. The van der Waals surface area contributed by atoms with Gasteiger partial charge in [0.05, 0.1) is 11.3 Å². The molecule has 0 saturated carbocycles. The first-order valence-electron chi connectivity index (χ1n) is 9.68. The third-order valence-corrected chi connectivity index (χ3v) is 5.57. The van der Waals surface area contributed by atoms with Gasteiger partial charge in [-0.3, -0.25) is 4.98 Å². The summed E-state index contributed by atoms with van der Waals surface area (Å²) in [7, 11) is 0. The van der Waals surface area contributed by atoms with E-state index in [9.17, 15) is 5.11 Å². The molecule has 2 N–H and O–H groups in total. The Morgan fingerprint density at radius 2 is 2.12 bits per heavy atom. The molecule has 1 saturated heterocycles. The lowest BCUT2D eigenvalue weighted by Crippen LogP contribution is -2.48. The van der Waals surface area contributed by atoms with E-state index in [0.717, 1.165) is 68.9 Å². The maximum absolute atomic E-state index is 10.8. The molecule has 2 aromatic heterocycles. The van der Waals surface area contributed by atoms with Gasteiger partial charge in [-0.25, -0.2) is 9.97 Å². The van der Waals surface area contributed by atoms with E-state index in [-0.39, 0.29) is 0 Å². The van der Waals surface area contributed by atoms with Crippen molar-refractivity contribution in [2.24, 2.45) is 0 Å². The molecule has 6 heteroatoms. The summed E-state index contributed by atoms with van der Waals surface area (Å²) in [6.07, 6.45) is 6.22. The number of hydrogen-bond donors (Lipinski definition) is 2. The van der Waals surface area contributed by atoms with Crippen LogP contribution in [0.2, 0.25) is 0 Å². The van der Waals surface area contributed by atoms with Crippen LogP contribution in [0.25, 0.3) is 11.5 Å². The second-order valence-corrected chi connectivity index (χ2v) is 7.36. The van der Waals surface area contributed by atoms with Gasteiger partial charge in [0.15, 0.2) is 5.82 Å². The number of aliphatic hydroxyl groups is 1. The Bertz CT molecular complexity index is 766. The van der Waals surface area contributed by atoms with Gasteiger partial charge in [-0.2, -0.15) is 0 Å². The van der Waals surface area contributed by atoms with E-state index < -0.39 is 5.60 Å². The highest BCUT2D eigenvalue weighted by Gasteiger charge is 2.33. The Kier molecular flexibility index (Phi) is 4.87. The van der Waals surface area contributed by atoms with Gasteiger partial charge in [0.2, 0.25) is 0 Å². The number of hydrogen-bond acceptors (Lipinski definition) is 6. The topological polar surface area (TPSA) is 74.2 Å². The summed E-state index contributed by atoms with van der Waals surface area (Å²) >= 11 is 0. The Morgan fingerprint density at radius 1 is 1.23 bits per heavy atom. The van der Waals surface area contributed by atoms with Crippen molar-refractivity contribution < 1.29 is 5.11 Å². The maximum Gasteiger partial charge on any atom is 0.180 e. The quantitative estimate of drug-likeness (QED) is 0.879. The van der Waals surface area contributed by atoms with Gasteiger partial charge in [-0.1, -0.05) is 13.0 Å². The lowest BCUT2D eigenvalue weighted by atomic mass is 9.90. The Hall–Kier alpha value is -2.05. The largest absolute Gasteiger partial charge is 0.388 e. The zero-order valence-electron chi connectivity index (χ0n) is 15.4. The molecule has 138 valence electrons. The van der Waals surface area contributed by atoms with Crippen LogP contribution in [0.15, 0.2) is 24.4 Å². The third kappa shape index (κ3) is 3.44. The van der Waals surface area contributed by atoms with Crippen LogP contribution in [0, 0.1) is 0 Å². The van der Waals surface area contributed by atoms with Crippen LogP contribution in [0.3, 0.4) is 0 Å². The van der Waals surface area contributed by atoms with Gasteiger partial charge in [0, 0.05) is 37.8 Å². The molecule has 26 heavy (non-hydrogen) atoms. The highest BCUT2D eigenvalue weighted by molar-refractivity contribution is 5.58. The average molecular weight is 353 g/mol. The number of β-amino-alcohol motifs (C(OH)–C–C–N with tert-alkyl or cyclic N) is 1. The molecule has 0 radical (unpaired) electrons. The highest BCUT2D eigenvalue weighted by atomic mass is 16.3. The van der Waals surface area contributed by atoms with Crippen molar-refractivity contribution >= 4 is 5.82 Å². The number of nitrogens with one attached hydrogen (secondary N) is 1. The zero-order chi connectivity index (χ0) is 18.0. The monoisotopic (exact) mass is 353 g/mol. The molecular formula is C20H27N5O. The average Bonchev–Trinajstić information content (AvgIpc) is 2.93. The fourth-order valence-electron chi connectivity index (χ4n) is 3.98. The second-order valence-electron chi connectivity index (χ2n) is 7.36. The number of piperidine rings is 1. The number of rotatable bonds is 3. The number of anilines is 1. The summed E-state index contributed by atoms with van der Waals surface area (Å²) in [6, 6.07) is 5.83. The SMILES string of the molecule is CC[C@]1(O)CCCN(c2nc(-c3ccccn3)nc3c2CCNCC3)C1. The van der Waals surface area contributed by atoms with Crippen LogP contribution in [0.5, 0.6) is 0 Å². The summed E-state index contributed by atoms with van der Waals surface area (Å²) in [5, 5.41) is 14.3. The molecule has 4 heterocycles. The zero-order valence-corrected chi connectivity index (χ0v) is 15.4. The van der Waals surface area contributed by atoms with Gasteiger partial charge in [0.1, 0.15) is 11.5 Å². The standard InChI is InChI=1S/C20H27N5O/c1-2-20(26)9-5-13-25(14-20)19-15-7-11-21-12-8-16(15)23-18(24-19)17-6-3-4-10-22-17/h3-4,6,10,21,26H,2,5,7-9,11-14H2,1H3/t20-/m0/s1. The van der Waals surface area contributed by atoms with Crippen molar-refractivity contribution in [3.8, 4) is 11.5 Å². The minimum Gasteiger partial charge on any atom is -0.388 e. The van der Waals surface area contributed by atoms with Crippen LogP contribution in [0.4, 0.5) is 5.82 Å². The first kappa shape index (κ1) is 17.4. The van der Waals surface area contributed by atoms with Crippen LogP contribution in [-0.2, 0) is 12.8 Å². The molecular weight excluding hydrogens is 326 g/mol. The first-order chi connectivity index (χ1) is 12.7. The predicted octanol–water partition coefficient (Wildman–Crippen LogP) is 1.97. The Morgan fingerprint density at radius 3 is 2.92 bits per heavy atom. The molecule has 0 spiro atoms. The summed E-state index contributed by atoms with van der Waals surface area (Å²) in [5.74, 6) is 1.68. The Balaban J connectivity index is 1.79. The van der Waals surface area contributed by atoms with Gasteiger partial charge in [0.25, 0.3) is 0 Å². The summed E-state index contributed by atoms with van der Waals surface area (Å²) < 4.78 is 0. The van der Waals surface area contributed by atoms with Gasteiger partial charge >= 0.3 is 0 Å². The molecule has 2 aromatic rings. The van der Waals surface area contributed by atoms with Crippen molar-refractivity contribution in [3.05, 3.63) is 35.7 Å². The van der Waals surface area contributed by atoms with E-state index in [2.05, 4.69) is 22.1 Å². The van der Waals surface area contributed by atoms with Crippen LogP contribution < -0.4 is 10.2 Å². The van der Waals surface area contributed by atoms with Crippen molar-refractivity contribution in [2.75, 3.05) is 31.1 Å². The van der Waals surface area contributed by atoms with Crippen molar-refractivity contribution in [2.45, 2.75) is 44.6 Å². The lowest BCUT2D eigenvalue weighted by molar-refractivity contribution is 0.0221. The van der Waals surface area contributed by atoms with Crippen molar-refractivity contribution in [3.63, 3.8) is 0 Å². The molecule has 2 aliphatic rings. The van der Waals surface area contributed by atoms with Gasteiger partial charge < -0.3 is 15.3 Å². The molecule has 0 unspecified atom stereocenters. The normalized spacial score (nSPS) is 23.4. The molecule has 1 fully saturated rings. The molecule has 1 atom stereocenters. The van der Waals surface area contributed by atoms with E-state index >= 15 is 0 Å². The summed E-state index contributed by atoms with van der Waals surface area (Å²) in [5.41, 5.74) is 2.53. The van der Waals surface area contributed by atoms with Crippen molar-refractivity contribution in [1.82, 2.24) is 20.3 Å². The minimum absolute atomic E-state index is 0.621. The molecule has 0 aromatic carbocycles. The number of fused-ring (bicyclic) bond motifs is 1. The molecule has 4 rings (SSSR count). The second kappa shape index (κ2) is 7.29. The molecule has 6 nitrogen and oxygen atoms in total. The van der Waals surface area contributed by atoms with Gasteiger partial charge in [-0.05, 0) is 44.4 Å². The highest BCUT2D eigenvalue weighted by Crippen LogP contribution is 2.32. The fraction of sp³-hybridized carbons (Fsp3) is 0.550. The number of nitrogens with zero attached hydrogens (tertiary/aromatic N) is 4. The molecule has 0 amide bonds. The predicted molar refractivity (Wildman–Crippen MR) is 102 cm³/mol. The first-order valence-corrected chi connectivity index (χ1v) is 9.68. The van der Waals surface area contributed by atoms with E-state index in [1.54, 1.807) is 6.20 Å². The molecule has 0 aliphatic carbocycles. The van der Waals surface area contributed by atoms with E-state index in [1.165, 1.54) is 5.56 Å². The van der Waals surface area contributed by atoms with Gasteiger partial charge in [-0.15, -0.1) is 0 Å². The fourth-order valence-corrected chi connectivity index (χ4v) is 3.98. The lowest BCUT2D eigenvalue weighted by Gasteiger charge is -2.40. The third-order valence-electron chi connectivity index (χ3n) is 5.57. The van der Waals surface area contributed by atoms with Crippen molar-refractivity contribution in [1.29, 1.82) is 0 Å². The summed E-state index contributed by atoms with van der Waals surface area (Å²) in [4.78, 5) is 16.5. The van der Waals surface area contributed by atoms with E-state index in [1.807, 2.05) is 18.2 Å². The Labute approximate surface area is 154 Å². The number of aromatic nitrogens is 3. The van der Waals surface area contributed by atoms with Crippen LogP contribution in [0.1, 0.15) is 37.4 Å². The smallest absolute Gasteiger partial charge is 0.180 e. The summed E-state index contributed by atoms with van der Waals surface area (Å²) in [6.45, 7) is 5.51. The number of pyridine rings is 1. The van der Waals surface area contributed by atoms with Crippen LogP contribution >= 0.6 is 0 Å². The minimum atomic E-state index is -0.621. The van der Waals surface area contributed by atoms with Crippen LogP contribution in [-0.4, -0.2) is 51.8 Å². The van der Waals surface area contributed by atoms with E-state index in [0.29, 0.717) is 12.4 Å². The maximum atomic E-state index is 10.8. The van der Waals surface area contributed by atoms with E-state index in [4.69, 9.17) is 9.97 Å².